The van der Waals surface area contributed by atoms with Crippen LogP contribution < -0.4 is 0 Å². The first-order valence-corrected chi connectivity index (χ1v) is 16.6. The molecule has 0 radical (unpaired) electrons. The molecular formula is C24H49BrO5Si. The quantitative estimate of drug-likeness (QED) is 0.0603. The molecule has 0 aromatic heterocycles. The largest absolute Gasteiger partial charge is 0.481 e. The smallest absolute Gasteiger partial charge is 0.333 e. The van der Waals surface area contributed by atoms with Crippen LogP contribution in [0.1, 0.15) is 110 Å². The average Bonchev–Trinajstić information content (AvgIpc) is 2.72. The summed E-state index contributed by atoms with van der Waals surface area (Å²) in [7, 11) is -2.26. The lowest BCUT2D eigenvalue weighted by atomic mass is 10.1. The summed E-state index contributed by atoms with van der Waals surface area (Å²) in [5.41, 5.74) is 0. The molecule has 0 aromatic rings. The topological polar surface area (TPSA) is 65.0 Å². The standard InChI is InChI=1S/C24H49BrO5Si/c1-4-5-6-7-8-9-10-11-14-19-24(28-21-17-18-23(26)27)30-31(2,3)29-22-16-13-12-15-20-25/h24H,4-22H2,1-3H3,(H,26,27). The van der Waals surface area contributed by atoms with Gasteiger partial charge in [0.05, 0.1) is 6.61 Å². The highest BCUT2D eigenvalue weighted by Gasteiger charge is 2.29. The Balaban J connectivity index is 4.18. The molecule has 0 aromatic carbocycles. The lowest BCUT2D eigenvalue weighted by Gasteiger charge is -2.29. The Morgan fingerprint density at radius 1 is 0.839 bits per heavy atom. The van der Waals surface area contributed by atoms with Crippen molar-refractivity contribution in [1.29, 1.82) is 0 Å². The van der Waals surface area contributed by atoms with Crippen LogP contribution in [0.4, 0.5) is 0 Å². The van der Waals surface area contributed by atoms with Gasteiger partial charge >= 0.3 is 14.5 Å². The van der Waals surface area contributed by atoms with Crippen molar-refractivity contribution in [2.24, 2.45) is 0 Å². The van der Waals surface area contributed by atoms with Crippen LogP contribution in [0.5, 0.6) is 0 Å². The highest BCUT2D eigenvalue weighted by Crippen LogP contribution is 2.18. The molecule has 7 heteroatoms. The summed E-state index contributed by atoms with van der Waals surface area (Å²) in [4.78, 5) is 10.7. The van der Waals surface area contributed by atoms with E-state index in [2.05, 4.69) is 35.9 Å². The second-order valence-corrected chi connectivity index (χ2v) is 13.0. The highest BCUT2D eigenvalue weighted by atomic mass is 79.9. The van der Waals surface area contributed by atoms with Crippen LogP contribution in [0.25, 0.3) is 0 Å². The van der Waals surface area contributed by atoms with Crippen molar-refractivity contribution in [3.05, 3.63) is 0 Å². The van der Waals surface area contributed by atoms with Crippen LogP contribution in [-0.4, -0.2) is 44.5 Å². The zero-order valence-electron chi connectivity index (χ0n) is 20.5. The van der Waals surface area contributed by atoms with Gasteiger partial charge in [0.25, 0.3) is 0 Å². The number of carboxylic acids is 1. The van der Waals surface area contributed by atoms with Gasteiger partial charge in [0.2, 0.25) is 0 Å². The van der Waals surface area contributed by atoms with Crippen molar-refractivity contribution in [3.8, 4) is 0 Å². The summed E-state index contributed by atoms with van der Waals surface area (Å²) in [6.45, 7) is 7.57. The molecule has 186 valence electrons. The fourth-order valence-corrected chi connectivity index (χ4v) is 5.37. The minimum absolute atomic E-state index is 0.135. The third-order valence-electron chi connectivity index (χ3n) is 5.27. The van der Waals surface area contributed by atoms with Crippen LogP contribution in [0, 0.1) is 0 Å². The van der Waals surface area contributed by atoms with Gasteiger partial charge in [0.15, 0.2) is 0 Å². The molecule has 0 heterocycles. The number of halogens is 1. The molecule has 0 saturated heterocycles. The molecule has 0 aliphatic rings. The van der Waals surface area contributed by atoms with E-state index in [0.29, 0.717) is 13.0 Å². The molecule has 5 nitrogen and oxygen atoms in total. The number of hydrogen-bond acceptors (Lipinski definition) is 4. The minimum atomic E-state index is -2.26. The molecule has 1 unspecified atom stereocenters. The molecule has 0 saturated carbocycles. The van der Waals surface area contributed by atoms with Crippen molar-refractivity contribution in [2.45, 2.75) is 129 Å². The van der Waals surface area contributed by atoms with Gasteiger partial charge in [-0.15, -0.1) is 0 Å². The Morgan fingerprint density at radius 2 is 1.42 bits per heavy atom. The molecule has 1 atom stereocenters. The molecule has 0 spiro atoms. The second kappa shape index (κ2) is 21.9. The van der Waals surface area contributed by atoms with Gasteiger partial charge < -0.3 is 18.7 Å². The van der Waals surface area contributed by atoms with E-state index >= 15 is 0 Å². The number of hydrogen-bond donors (Lipinski definition) is 1. The predicted octanol–water partition coefficient (Wildman–Crippen LogP) is 7.81. The Kier molecular flexibility index (Phi) is 21.9. The van der Waals surface area contributed by atoms with Crippen molar-refractivity contribution >= 4 is 30.5 Å². The van der Waals surface area contributed by atoms with Gasteiger partial charge in [0.1, 0.15) is 6.29 Å². The van der Waals surface area contributed by atoms with E-state index in [1.807, 2.05) is 0 Å². The average molecular weight is 526 g/mol. The summed E-state index contributed by atoms with van der Waals surface area (Å²) in [6, 6.07) is 0. The first-order valence-electron chi connectivity index (χ1n) is 12.6. The molecule has 0 aliphatic carbocycles. The van der Waals surface area contributed by atoms with Crippen molar-refractivity contribution in [3.63, 3.8) is 0 Å². The van der Waals surface area contributed by atoms with Gasteiger partial charge in [-0.1, -0.05) is 87.1 Å². The summed E-state index contributed by atoms with van der Waals surface area (Å²) >= 11 is 3.47. The van der Waals surface area contributed by atoms with E-state index in [4.69, 9.17) is 18.7 Å². The van der Waals surface area contributed by atoms with Crippen LogP contribution in [0.15, 0.2) is 0 Å². The third kappa shape index (κ3) is 23.0. The molecular weight excluding hydrogens is 476 g/mol. The van der Waals surface area contributed by atoms with Crippen molar-refractivity contribution in [1.82, 2.24) is 0 Å². The van der Waals surface area contributed by atoms with Crippen molar-refractivity contribution in [2.75, 3.05) is 18.5 Å². The fourth-order valence-electron chi connectivity index (χ4n) is 3.45. The van der Waals surface area contributed by atoms with Crippen molar-refractivity contribution < 1.29 is 23.5 Å². The Labute approximate surface area is 201 Å². The molecule has 0 rings (SSSR count). The Morgan fingerprint density at radius 3 is 2.03 bits per heavy atom. The first kappa shape index (κ1) is 31.0. The maximum absolute atomic E-state index is 10.7. The number of aliphatic carboxylic acids is 1. The van der Waals surface area contributed by atoms with Gasteiger partial charge in [-0.3, -0.25) is 4.79 Å². The van der Waals surface area contributed by atoms with Crippen LogP contribution in [0.2, 0.25) is 13.1 Å². The normalized spacial score (nSPS) is 12.9. The number of carbonyl (C=O) groups is 1. The molecule has 0 aliphatic heterocycles. The SMILES string of the molecule is CCCCCCCCCCCC(OCCCC(=O)O)O[Si](C)(C)OCCCCCCBr. The van der Waals surface area contributed by atoms with Crippen LogP contribution in [-0.2, 0) is 18.4 Å². The van der Waals surface area contributed by atoms with Gasteiger partial charge in [-0.25, -0.2) is 0 Å². The first-order chi connectivity index (χ1) is 14.9. The fraction of sp³-hybridized carbons (Fsp3) is 0.958. The highest BCUT2D eigenvalue weighted by molar-refractivity contribution is 9.09. The second-order valence-electron chi connectivity index (χ2n) is 8.88. The number of alkyl halides is 1. The van der Waals surface area contributed by atoms with E-state index in [0.717, 1.165) is 31.2 Å². The van der Waals surface area contributed by atoms with E-state index in [1.165, 1.54) is 70.6 Å². The summed E-state index contributed by atoms with van der Waals surface area (Å²) in [5, 5.41) is 9.90. The van der Waals surface area contributed by atoms with Gasteiger partial charge in [0, 0.05) is 18.4 Å². The zero-order valence-corrected chi connectivity index (χ0v) is 23.1. The molecule has 0 fully saturated rings. The van der Waals surface area contributed by atoms with Gasteiger partial charge in [-0.05, 0) is 45.2 Å². The molecule has 0 bridgehead atoms. The molecule has 31 heavy (non-hydrogen) atoms. The summed E-state index contributed by atoms with van der Waals surface area (Å²) in [6.07, 6.45) is 17.5. The van der Waals surface area contributed by atoms with Gasteiger partial charge in [-0.2, -0.15) is 0 Å². The molecule has 0 amide bonds. The lowest BCUT2D eigenvalue weighted by Crippen LogP contribution is -2.40. The predicted molar refractivity (Wildman–Crippen MR) is 135 cm³/mol. The maximum Gasteiger partial charge on any atom is 0.333 e. The summed E-state index contributed by atoms with van der Waals surface area (Å²) in [5.74, 6) is -0.780. The van der Waals surface area contributed by atoms with E-state index in [-0.39, 0.29) is 12.7 Å². The zero-order chi connectivity index (χ0) is 23.2. The van der Waals surface area contributed by atoms with Crippen LogP contribution in [0.3, 0.4) is 0 Å². The number of unbranched alkanes of at least 4 members (excludes halogenated alkanes) is 11. The van der Waals surface area contributed by atoms with E-state index < -0.39 is 14.5 Å². The number of rotatable bonds is 24. The monoisotopic (exact) mass is 524 g/mol. The number of ether oxygens (including phenoxy) is 1. The van der Waals surface area contributed by atoms with E-state index in [1.54, 1.807) is 0 Å². The lowest BCUT2D eigenvalue weighted by molar-refractivity contribution is -0.139. The maximum atomic E-state index is 10.7. The molecule has 1 N–H and O–H groups in total. The van der Waals surface area contributed by atoms with E-state index in [9.17, 15) is 4.79 Å². The minimum Gasteiger partial charge on any atom is -0.481 e. The third-order valence-corrected chi connectivity index (χ3v) is 7.57. The summed E-state index contributed by atoms with van der Waals surface area (Å²) < 4.78 is 18.3. The number of carboxylic acid groups (broad SMARTS) is 1. The Bertz CT molecular complexity index is 409. The Hall–Kier alpha value is 0.0469. The van der Waals surface area contributed by atoms with Crippen LogP contribution >= 0.6 is 15.9 Å².